The molecule has 7 heteroatoms. The van der Waals surface area contributed by atoms with Crippen molar-refractivity contribution in [2.45, 2.75) is 38.8 Å². The first-order valence-corrected chi connectivity index (χ1v) is 10.9. The average Bonchev–Trinajstić information content (AvgIpc) is 3.18. The zero-order valence-corrected chi connectivity index (χ0v) is 18.2. The summed E-state index contributed by atoms with van der Waals surface area (Å²) < 4.78 is 22.3. The predicted octanol–water partition coefficient (Wildman–Crippen LogP) is 3.15. The molecule has 0 saturated heterocycles. The van der Waals surface area contributed by atoms with Crippen LogP contribution >= 0.6 is 0 Å². The molecule has 31 heavy (non-hydrogen) atoms. The van der Waals surface area contributed by atoms with Crippen LogP contribution in [0.15, 0.2) is 36.4 Å². The van der Waals surface area contributed by atoms with Crippen LogP contribution in [0.5, 0.6) is 23.0 Å². The maximum absolute atomic E-state index is 12.3. The first-order valence-electron chi connectivity index (χ1n) is 10.9. The number of nitrogens with one attached hydrogen (secondary N) is 1. The summed E-state index contributed by atoms with van der Waals surface area (Å²) in [4.78, 5) is 14.7. The van der Waals surface area contributed by atoms with Crippen LogP contribution in [-0.2, 0) is 17.8 Å². The Hall–Kier alpha value is -2.93. The van der Waals surface area contributed by atoms with Crippen molar-refractivity contribution in [1.29, 1.82) is 0 Å². The first kappa shape index (κ1) is 21.3. The van der Waals surface area contributed by atoms with E-state index in [1.807, 2.05) is 36.4 Å². The summed E-state index contributed by atoms with van der Waals surface area (Å²) in [5, 5.41) is 3.05. The maximum atomic E-state index is 12.3. The van der Waals surface area contributed by atoms with Crippen LogP contribution in [0.2, 0.25) is 0 Å². The number of methoxy groups -OCH3 is 1. The van der Waals surface area contributed by atoms with Gasteiger partial charge in [0.1, 0.15) is 17.6 Å². The number of nitrogens with zero attached hydrogens (tertiary/aromatic N) is 1. The lowest BCUT2D eigenvalue weighted by Crippen LogP contribution is -2.38. The number of carbonyl (C=O) groups excluding carboxylic acids is 1. The van der Waals surface area contributed by atoms with Gasteiger partial charge in [0.2, 0.25) is 12.7 Å². The van der Waals surface area contributed by atoms with Crippen LogP contribution < -0.4 is 24.3 Å². The van der Waals surface area contributed by atoms with Crippen molar-refractivity contribution in [2.75, 3.05) is 33.5 Å². The Morgan fingerprint density at radius 1 is 1.16 bits per heavy atom. The Labute approximate surface area is 183 Å². The third-order valence-electron chi connectivity index (χ3n) is 5.70. The summed E-state index contributed by atoms with van der Waals surface area (Å²) in [7, 11) is 1.67. The van der Waals surface area contributed by atoms with Gasteiger partial charge in [-0.15, -0.1) is 0 Å². The Bertz CT molecular complexity index is 917. The highest BCUT2D eigenvalue weighted by atomic mass is 16.7. The second-order valence-electron chi connectivity index (χ2n) is 7.89. The summed E-state index contributed by atoms with van der Waals surface area (Å²) in [5.74, 6) is 3.32. The van der Waals surface area contributed by atoms with Crippen molar-refractivity contribution in [3.05, 3.63) is 47.5 Å². The van der Waals surface area contributed by atoms with E-state index < -0.39 is 0 Å². The maximum Gasteiger partial charge on any atom is 0.231 e. The third-order valence-corrected chi connectivity index (χ3v) is 5.70. The Morgan fingerprint density at radius 2 is 2.00 bits per heavy atom. The fourth-order valence-corrected chi connectivity index (χ4v) is 3.91. The molecule has 4 rings (SSSR count). The normalized spacial score (nSPS) is 17.4. The topological polar surface area (TPSA) is 69.3 Å². The molecule has 1 amide bonds. The van der Waals surface area contributed by atoms with Gasteiger partial charge in [-0.05, 0) is 48.7 Å². The lowest BCUT2D eigenvalue weighted by molar-refractivity contribution is -0.121. The Morgan fingerprint density at radius 3 is 2.84 bits per heavy atom. The van der Waals surface area contributed by atoms with Crippen molar-refractivity contribution in [3.63, 3.8) is 0 Å². The van der Waals surface area contributed by atoms with Crippen molar-refractivity contribution in [1.82, 2.24) is 10.2 Å². The van der Waals surface area contributed by atoms with Gasteiger partial charge in [-0.1, -0.05) is 13.0 Å². The van der Waals surface area contributed by atoms with Crippen LogP contribution in [0, 0.1) is 0 Å². The van der Waals surface area contributed by atoms with E-state index >= 15 is 0 Å². The average molecular weight is 427 g/mol. The number of hydrogen-bond donors (Lipinski definition) is 1. The van der Waals surface area contributed by atoms with E-state index in [0.29, 0.717) is 19.4 Å². The van der Waals surface area contributed by atoms with Gasteiger partial charge in [0.25, 0.3) is 0 Å². The number of benzene rings is 2. The lowest BCUT2D eigenvalue weighted by Gasteiger charge is -2.23. The largest absolute Gasteiger partial charge is 0.497 e. The minimum Gasteiger partial charge on any atom is -0.497 e. The standard InChI is InChI=1S/C24H30N2O5/c1-3-19-15-26(14-18-13-20(28-2)6-8-21(18)31-19)11-10-25-24(27)9-5-17-4-7-22-23(12-17)30-16-29-22/h4,6-8,12-13,19H,3,5,9-11,14-16H2,1-2H3,(H,25,27). The van der Waals surface area contributed by atoms with Gasteiger partial charge in [0.15, 0.2) is 11.5 Å². The van der Waals surface area contributed by atoms with E-state index in [0.717, 1.165) is 60.2 Å². The summed E-state index contributed by atoms with van der Waals surface area (Å²) in [6.07, 6.45) is 2.19. The van der Waals surface area contributed by atoms with Crippen LogP contribution in [0.25, 0.3) is 0 Å². The smallest absolute Gasteiger partial charge is 0.231 e. The molecule has 0 saturated carbocycles. The lowest BCUT2D eigenvalue weighted by atomic mass is 10.1. The van der Waals surface area contributed by atoms with Crippen LogP contribution in [-0.4, -0.2) is 50.4 Å². The van der Waals surface area contributed by atoms with E-state index in [4.69, 9.17) is 18.9 Å². The summed E-state index contributed by atoms with van der Waals surface area (Å²) in [6.45, 7) is 5.38. The van der Waals surface area contributed by atoms with E-state index in [9.17, 15) is 4.79 Å². The van der Waals surface area contributed by atoms with Gasteiger partial charge in [-0.2, -0.15) is 0 Å². The van der Waals surface area contributed by atoms with Gasteiger partial charge in [-0.3, -0.25) is 9.69 Å². The van der Waals surface area contributed by atoms with Gasteiger partial charge in [0.05, 0.1) is 7.11 Å². The van der Waals surface area contributed by atoms with Gasteiger partial charge >= 0.3 is 0 Å². The molecule has 0 radical (unpaired) electrons. The Balaban J connectivity index is 1.26. The van der Waals surface area contributed by atoms with E-state index in [1.54, 1.807) is 7.11 Å². The fraction of sp³-hybridized carbons (Fsp3) is 0.458. The molecule has 0 bridgehead atoms. The zero-order chi connectivity index (χ0) is 21.6. The van der Waals surface area contributed by atoms with Crippen LogP contribution in [0.1, 0.15) is 30.9 Å². The molecule has 2 aliphatic rings. The molecule has 2 aromatic carbocycles. The molecule has 0 spiro atoms. The Kier molecular flexibility index (Phi) is 6.82. The SMILES string of the molecule is CCC1CN(CCNC(=O)CCc2ccc3c(c2)OCO3)Cc2cc(OC)ccc2O1. The van der Waals surface area contributed by atoms with E-state index in [2.05, 4.69) is 17.1 Å². The van der Waals surface area contributed by atoms with Crippen LogP contribution in [0.3, 0.4) is 0 Å². The molecule has 0 fully saturated rings. The number of hydrogen-bond acceptors (Lipinski definition) is 6. The van der Waals surface area contributed by atoms with E-state index in [1.165, 1.54) is 0 Å². The predicted molar refractivity (Wildman–Crippen MR) is 117 cm³/mol. The summed E-state index contributed by atoms with van der Waals surface area (Å²) >= 11 is 0. The molecular weight excluding hydrogens is 396 g/mol. The molecule has 2 aromatic rings. The molecule has 7 nitrogen and oxygen atoms in total. The zero-order valence-electron chi connectivity index (χ0n) is 18.2. The minimum absolute atomic E-state index is 0.0536. The molecule has 2 heterocycles. The van der Waals surface area contributed by atoms with E-state index in [-0.39, 0.29) is 18.8 Å². The van der Waals surface area contributed by atoms with Gasteiger partial charge in [-0.25, -0.2) is 0 Å². The summed E-state index contributed by atoms with van der Waals surface area (Å²) in [6, 6.07) is 11.8. The number of amides is 1. The molecule has 0 aromatic heterocycles. The van der Waals surface area contributed by atoms with Crippen molar-refractivity contribution in [3.8, 4) is 23.0 Å². The summed E-state index contributed by atoms with van der Waals surface area (Å²) in [5.41, 5.74) is 2.19. The first-order chi connectivity index (χ1) is 15.1. The molecule has 0 aliphatic carbocycles. The van der Waals surface area contributed by atoms with Gasteiger partial charge in [0, 0.05) is 38.2 Å². The fourth-order valence-electron chi connectivity index (χ4n) is 3.91. The highest BCUT2D eigenvalue weighted by molar-refractivity contribution is 5.76. The second kappa shape index (κ2) is 9.92. The number of carbonyl (C=O) groups is 1. The molecular formula is C24H30N2O5. The number of rotatable bonds is 8. The van der Waals surface area contributed by atoms with Crippen LogP contribution in [0.4, 0.5) is 0 Å². The number of ether oxygens (including phenoxy) is 4. The molecule has 166 valence electrons. The number of fused-ring (bicyclic) bond motifs is 2. The van der Waals surface area contributed by atoms with Crippen molar-refractivity contribution >= 4 is 5.91 Å². The monoisotopic (exact) mass is 426 g/mol. The quantitative estimate of drug-likeness (QED) is 0.699. The third kappa shape index (κ3) is 5.41. The minimum atomic E-state index is 0.0536. The number of aryl methyl sites for hydroxylation is 1. The van der Waals surface area contributed by atoms with Crippen molar-refractivity contribution in [2.24, 2.45) is 0 Å². The highest BCUT2D eigenvalue weighted by Gasteiger charge is 2.22. The van der Waals surface area contributed by atoms with Crippen molar-refractivity contribution < 1.29 is 23.7 Å². The molecule has 1 atom stereocenters. The molecule has 2 aliphatic heterocycles. The second-order valence-corrected chi connectivity index (χ2v) is 7.89. The highest BCUT2D eigenvalue weighted by Crippen LogP contribution is 2.33. The van der Waals surface area contributed by atoms with Gasteiger partial charge < -0.3 is 24.3 Å². The molecule has 1 unspecified atom stereocenters. The molecule has 1 N–H and O–H groups in total.